The Bertz CT molecular complexity index is 476. The molecule has 104 valence electrons. The molecular weight excluding hydrogens is 381 g/mol. The minimum absolute atomic E-state index is 0.0691. The highest BCUT2D eigenvalue weighted by molar-refractivity contribution is 9.09. The molecule has 0 radical (unpaired) electrons. The highest BCUT2D eigenvalue weighted by Gasteiger charge is 2.20. The van der Waals surface area contributed by atoms with Crippen LogP contribution in [0.3, 0.4) is 0 Å². The lowest BCUT2D eigenvalue weighted by molar-refractivity contribution is 0.574. The topological polar surface area (TPSA) is 46.2 Å². The quantitative estimate of drug-likeness (QED) is 0.528. The van der Waals surface area contributed by atoms with Gasteiger partial charge in [-0.1, -0.05) is 52.0 Å². The van der Waals surface area contributed by atoms with E-state index >= 15 is 0 Å². The van der Waals surface area contributed by atoms with Crippen LogP contribution in [0.1, 0.15) is 25.7 Å². The molecule has 3 nitrogen and oxygen atoms in total. The Morgan fingerprint density at radius 2 is 1.89 bits per heavy atom. The normalized spacial score (nSPS) is 11.9. The molecule has 8 heteroatoms. The van der Waals surface area contributed by atoms with Crippen molar-refractivity contribution in [3.8, 4) is 0 Å². The molecule has 0 aliphatic carbocycles. The number of sulfonamides is 1. The van der Waals surface area contributed by atoms with E-state index < -0.39 is 10.0 Å². The van der Waals surface area contributed by atoms with Crippen LogP contribution in [-0.4, -0.2) is 20.3 Å². The summed E-state index contributed by atoms with van der Waals surface area (Å²) in [7, 11) is -3.53. The van der Waals surface area contributed by atoms with Crippen LogP contribution in [0.15, 0.2) is 11.0 Å². The van der Waals surface area contributed by atoms with Gasteiger partial charge in [0.15, 0.2) is 0 Å². The standard InChI is InChI=1S/C10H14BrCl2NO2S2/c11-5-3-1-2-4-6-14-18(15,16)8-7-9(12)17-10(8)13/h7,14H,1-6H2. The average Bonchev–Trinajstić information content (AvgIpc) is 2.63. The Morgan fingerprint density at radius 1 is 1.22 bits per heavy atom. The summed E-state index contributed by atoms with van der Waals surface area (Å²) in [6.07, 6.45) is 4.03. The summed E-state index contributed by atoms with van der Waals surface area (Å²) in [5.41, 5.74) is 0. The molecule has 0 saturated carbocycles. The molecule has 1 aromatic heterocycles. The van der Waals surface area contributed by atoms with Gasteiger partial charge in [0.2, 0.25) is 10.0 Å². The highest BCUT2D eigenvalue weighted by atomic mass is 79.9. The summed E-state index contributed by atoms with van der Waals surface area (Å²) in [5.74, 6) is 0. The average molecular weight is 395 g/mol. The molecular formula is C10H14BrCl2NO2S2. The second-order valence-electron chi connectivity index (χ2n) is 3.69. The van der Waals surface area contributed by atoms with Crippen LogP contribution < -0.4 is 4.72 Å². The van der Waals surface area contributed by atoms with E-state index in [-0.39, 0.29) is 9.23 Å². The number of thiophene rings is 1. The molecule has 1 aromatic rings. The summed E-state index contributed by atoms with van der Waals surface area (Å²) in [6.45, 7) is 0.425. The number of hydrogen-bond donors (Lipinski definition) is 1. The monoisotopic (exact) mass is 393 g/mol. The first kappa shape index (κ1) is 16.7. The van der Waals surface area contributed by atoms with Gasteiger partial charge in [0.25, 0.3) is 0 Å². The minimum Gasteiger partial charge on any atom is -0.211 e. The second kappa shape index (κ2) is 8.07. The van der Waals surface area contributed by atoms with E-state index in [0.717, 1.165) is 42.4 Å². The van der Waals surface area contributed by atoms with Gasteiger partial charge in [-0.25, -0.2) is 13.1 Å². The molecule has 0 saturated heterocycles. The lowest BCUT2D eigenvalue weighted by Crippen LogP contribution is -2.24. The third-order valence-corrected chi connectivity index (χ3v) is 6.04. The van der Waals surface area contributed by atoms with Gasteiger partial charge in [0.1, 0.15) is 9.23 Å². The van der Waals surface area contributed by atoms with Crippen LogP contribution in [0, 0.1) is 0 Å². The predicted molar refractivity (Wildman–Crippen MR) is 81.8 cm³/mol. The van der Waals surface area contributed by atoms with E-state index in [9.17, 15) is 8.42 Å². The lowest BCUT2D eigenvalue weighted by atomic mass is 10.2. The number of halogens is 3. The second-order valence-corrected chi connectivity index (χ2v) is 8.50. The number of alkyl halides is 1. The van der Waals surface area contributed by atoms with E-state index in [0.29, 0.717) is 10.9 Å². The molecule has 1 heterocycles. The molecule has 0 spiro atoms. The van der Waals surface area contributed by atoms with Gasteiger partial charge in [-0.2, -0.15) is 0 Å². The van der Waals surface area contributed by atoms with Gasteiger partial charge in [-0.05, 0) is 18.9 Å². The van der Waals surface area contributed by atoms with Crippen LogP contribution in [0.25, 0.3) is 0 Å². The Labute approximate surface area is 130 Å². The first-order valence-corrected chi connectivity index (χ1v) is 9.65. The van der Waals surface area contributed by atoms with Crippen molar-refractivity contribution in [2.24, 2.45) is 0 Å². The Balaban J connectivity index is 2.43. The molecule has 0 unspecified atom stereocenters. The zero-order valence-electron chi connectivity index (χ0n) is 9.59. The van der Waals surface area contributed by atoms with Crippen molar-refractivity contribution < 1.29 is 8.42 Å². The Hall–Kier alpha value is 0.670. The van der Waals surface area contributed by atoms with Gasteiger partial charge in [-0.15, -0.1) is 11.3 Å². The minimum atomic E-state index is -3.53. The first-order valence-electron chi connectivity index (χ1n) is 5.48. The summed E-state index contributed by atoms with van der Waals surface area (Å²) in [6, 6.07) is 1.38. The van der Waals surface area contributed by atoms with E-state index in [2.05, 4.69) is 20.7 Å². The third kappa shape index (κ3) is 5.35. The molecule has 0 aromatic carbocycles. The van der Waals surface area contributed by atoms with Crippen LogP contribution in [0.5, 0.6) is 0 Å². The van der Waals surface area contributed by atoms with Crippen molar-refractivity contribution in [2.75, 3.05) is 11.9 Å². The maximum Gasteiger partial charge on any atom is 0.242 e. The summed E-state index contributed by atoms with van der Waals surface area (Å²) >= 11 is 16.0. The van der Waals surface area contributed by atoms with Crippen LogP contribution in [0.2, 0.25) is 8.67 Å². The fourth-order valence-electron chi connectivity index (χ4n) is 1.37. The third-order valence-electron chi connectivity index (χ3n) is 2.27. The van der Waals surface area contributed by atoms with Gasteiger partial charge >= 0.3 is 0 Å². The fraction of sp³-hybridized carbons (Fsp3) is 0.600. The van der Waals surface area contributed by atoms with Gasteiger partial charge in [0.05, 0.1) is 4.34 Å². The van der Waals surface area contributed by atoms with E-state index in [1.165, 1.54) is 6.07 Å². The molecule has 0 aliphatic rings. The van der Waals surface area contributed by atoms with Crippen molar-refractivity contribution in [1.82, 2.24) is 4.72 Å². The van der Waals surface area contributed by atoms with Crippen molar-refractivity contribution in [1.29, 1.82) is 0 Å². The van der Waals surface area contributed by atoms with E-state index in [1.54, 1.807) is 0 Å². The smallest absolute Gasteiger partial charge is 0.211 e. The highest BCUT2D eigenvalue weighted by Crippen LogP contribution is 2.33. The van der Waals surface area contributed by atoms with Crippen molar-refractivity contribution in [3.63, 3.8) is 0 Å². The maximum atomic E-state index is 11.9. The van der Waals surface area contributed by atoms with Crippen molar-refractivity contribution in [2.45, 2.75) is 30.6 Å². The molecule has 18 heavy (non-hydrogen) atoms. The molecule has 0 bridgehead atoms. The maximum absolute atomic E-state index is 11.9. The fourth-order valence-corrected chi connectivity index (χ4v) is 4.98. The molecule has 0 aliphatic heterocycles. The molecule has 0 amide bonds. The van der Waals surface area contributed by atoms with Gasteiger partial charge in [-0.3, -0.25) is 0 Å². The largest absolute Gasteiger partial charge is 0.242 e. The van der Waals surface area contributed by atoms with Gasteiger partial charge in [0, 0.05) is 11.9 Å². The number of unbranched alkanes of at least 4 members (excludes halogenated alkanes) is 3. The summed E-state index contributed by atoms with van der Waals surface area (Å²) in [5, 5.41) is 0.988. The SMILES string of the molecule is O=S(=O)(NCCCCCCBr)c1cc(Cl)sc1Cl. The van der Waals surface area contributed by atoms with Crippen LogP contribution in [-0.2, 0) is 10.0 Å². The number of nitrogens with one attached hydrogen (secondary N) is 1. The number of rotatable bonds is 8. The molecule has 1 rings (SSSR count). The van der Waals surface area contributed by atoms with Crippen molar-refractivity contribution in [3.05, 3.63) is 14.7 Å². The number of hydrogen-bond acceptors (Lipinski definition) is 3. The Kier molecular flexibility index (Phi) is 7.50. The van der Waals surface area contributed by atoms with Crippen LogP contribution in [0.4, 0.5) is 0 Å². The van der Waals surface area contributed by atoms with E-state index in [4.69, 9.17) is 23.2 Å². The predicted octanol–water partition coefficient (Wildman–Crippen LogP) is 4.29. The summed E-state index contributed by atoms with van der Waals surface area (Å²) < 4.78 is 26.9. The first-order chi connectivity index (χ1) is 8.47. The Morgan fingerprint density at radius 3 is 2.44 bits per heavy atom. The molecule has 1 N–H and O–H groups in total. The lowest BCUT2D eigenvalue weighted by Gasteiger charge is -2.05. The zero-order chi connectivity index (χ0) is 13.6. The van der Waals surface area contributed by atoms with Gasteiger partial charge < -0.3 is 0 Å². The van der Waals surface area contributed by atoms with Crippen molar-refractivity contribution >= 4 is 60.5 Å². The molecule has 0 atom stereocenters. The van der Waals surface area contributed by atoms with Crippen LogP contribution >= 0.6 is 50.5 Å². The zero-order valence-corrected chi connectivity index (χ0v) is 14.3. The molecule has 0 fully saturated rings. The van der Waals surface area contributed by atoms with E-state index in [1.807, 2.05) is 0 Å². The summed E-state index contributed by atoms with van der Waals surface area (Å²) in [4.78, 5) is 0.0691.